The second-order valence-corrected chi connectivity index (χ2v) is 7.26. The molecule has 4 rings (SSSR count). The molecule has 2 fully saturated rings. The molecular weight excluding hydrogens is 226 g/mol. The summed E-state index contributed by atoms with van der Waals surface area (Å²) in [5.41, 5.74) is 2.36. The van der Waals surface area contributed by atoms with Gasteiger partial charge in [-0.05, 0) is 73.3 Å². The second-order valence-electron chi connectivity index (χ2n) is 6.26. The fourth-order valence-electron chi connectivity index (χ4n) is 3.61. The summed E-state index contributed by atoms with van der Waals surface area (Å²) < 4.78 is 0. The zero-order chi connectivity index (χ0) is 11.3. The van der Waals surface area contributed by atoms with E-state index in [1.807, 2.05) is 11.3 Å². The minimum Gasteiger partial charge on any atom is -0.309 e. The first-order chi connectivity index (χ1) is 8.37. The predicted octanol–water partition coefficient (Wildman–Crippen LogP) is 3.91. The highest BCUT2D eigenvalue weighted by Gasteiger charge is 2.53. The minimum absolute atomic E-state index is 0.668. The van der Waals surface area contributed by atoms with E-state index >= 15 is 0 Å². The van der Waals surface area contributed by atoms with Gasteiger partial charge in [-0.25, -0.2) is 0 Å². The van der Waals surface area contributed by atoms with Crippen LogP contribution in [0.15, 0.2) is 11.4 Å². The largest absolute Gasteiger partial charge is 0.309 e. The standard InChI is InChI=1S/C15H21NS/c1-2-13(12-6-9-17-14(12)3-1)16-10-15(7-8-15)11-4-5-11/h6,9,11,13,16H,1-5,7-8,10H2. The molecule has 0 saturated heterocycles. The van der Waals surface area contributed by atoms with E-state index in [1.54, 1.807) is 10.4 Å². The van der Waals surface area contributed by atoms with Crippen LogP contribution in [-0.2, 0) is 6.42 Å². The average molecular weight is 247 g/mol. The number of aryl methyl sites for hydroxylation is 1. The highest BCUT2D eigenvalue weighted by atomic mass is 32.1. The third kappa shape index (κ3) is 1.86. The van der Waals surface area contributed by atoms with Gasteiger partial charge in [-0.2, -0.15) is 0 Å². The van der Waals surface area contributed by atoms with Crippen LogP contribution in [0.4, 0.5) is 0 Å². The molecule has 1 unspecified atom stereocenters. The smallest absolute Gasteiger partial charge is 0.0331 e. The molecule has 17 heavy (non-hydrogen) atoms. The molecule has 2 heteroatoms. The molecule has 1 atom stereocenters. The third-order valence-electron chi connectivity index (χ3n) is 5.09. The summed E-state index contributed by atoms with van der Waals surface area (Å²) in [5.74, 6) is 1.08. The van der Waals surface area contributed by atoms with Crippen molar-refractivity contribution in [3.63, 3.8) is 0 Å². The Bertz CT molecular complexity index is 414. The van der Waals surface area contributed by atoms with Crippen LogP contribution >= 0.6 is 11.3 Å². The molecule has 1 aromatic rings. The van der Waals surface area contributed by atoms with Crippen LogP contribution in [0.2, 0.25) is 0 Å². The van der Waals surface area contributed by atoms with Crippen molar-refractivity contribution >= 4 is 11.3 Å². The Morgan fingerprint density at radius 2 is 2.18 bits per heavy atom. The topological polar surface area (TPSA) is 12.0 Å². The highest BCUT2D eigenvalue weighted by molar-refractivity contribution is 7.10. The molecule has 0 radical (unpaired) electrons. The monoisotopic (exact) mass is 247 g/mol. The maximum atomic E-state index is 3.89. The van der Waals surface area contributed by atoms with Crippen molar-refractivity contribution < 1.29 is 0 Å². The van der Waals surface area contributed by atoms with E-state index in [2.05, 4.69) is 16.8 Å². The first-order valence-corrected chi connectivity index (χ1v) is 8.05. The summed E-state index contributed by atoms with van der Waals surface area (Å²) in [4.78, 5) is 1.64. The minimum atomic E-state index is 0.668. The SMILES string of the molecule is c1cc2c(s1)CCCC2NCC1(C2CC2)CC1. The number of rotatable bonds is 4. The van der Waals surface area contributed by atoms with Gasteiger partial charge in [-0.15, -0.1) is 11.3 Å². The van der Waals surface area contributed by atoms with Crippen molar-refractivity contribution in [2.75, 3.05) is 6.54 Å². The molecule has 1 nitrogen and oxygen atoms in total. The van der Waals surface area contributed by atoms with E-state index in [1.165, 1.54) is 51.5 Å². The van der Waals surface area contributed by atoms with Crippen molar-refractivity contribution in [2.24, 2.45) is 11.3 Å². The maximum absolute atomic E-state index is 3.89. The number of hydrogen-bond donors (Lipinski definition) is 1. The Morgan fingerprint density at radius 1 is 1.29 bits per heavy atom. The van der Waals surface area contributed by atoms with Gasteiger partial charge >= 0.3 is 0 Å². The zero-order valence-corrected chi connectivity index (χ0v) is 11.2. The fraction of sp³-hybridized carbons (Fsp3) is 0.733. The molecule has 0 amide bonds. The average Bonchev–Trinajstić information content (AvgIpc) is 3.24. The number of fused-ring (bicyclic) bond motifs is 1. The summed E-state index contributed by atoms with van der Waals surface area (Å²) in [6.07, 6.45) is 10.1. The first-order valence-electron chi connectivity index (χ1n) is 7.17. The van der Waals surface area contributed by atoms with E-state index in [-0.39, 0.29) is 0 Å². The normalized spacial score (nSPS) is 30.0. The molecule has 3 aliphatic carbocycles. The van der Waals surface area contributed by atoms with Gasteiger partial charge in [0, 0.05) is 17.5 Å². The van der Waals surface area contributed by atoms with Gasteiger partial charge in [0.25, 0.3) is 0 Å². The van der Waals surface area contributed by atoms with Crippen molar-refractivity contribution in [3.8, 4) is 0 Å². The van der Waals surface area contributed by atoms with Crippen LogP contribution in [0.25, 0.3) is 0 Å². The van der Waals surface area contributed by atoms with Gasteiger partial charge in [0.2, 0.25) is 0 Å². The quantitative estimate of drug-likeness (QED) is 0.850. The lowest BCUT2D eigenvalue weighted by Crippen LogP contribution is -2.31. The Hall–Kier alpha value is -0.340. The van der Waals surface area contributed by atoms with E-state index in [0.717, 1.165) is 11.3 Å². The second kappa shape index (κ2) is 3.83. The van der Waals surface area contributed by atoms with Crippen LogP contribution in [-0.4, -0.2) is 6.54 Å². The van der Waals surface area contributed by atoms with Crippen molar-refractivity contribution in [1.29, 1.82) is 0 Å². The summed E-state index contributed by atoms with van der Waals surface area (Å²) >= 11 is 1.96. The van der Waals surface area contributed by atoms with Gasteiger partial charge in [0.1, 0.15) is 0 Å². The Balaban J connectivity index is 1.44. The zero-order valence-electron chi connectivity index (χ0n) is 10.4. The summed E-state index contributed by atoms with van der Waals surface area (Å²) in [6.45, 7) is 1.29. The Morgan fingerprint density at radius 3 is 2.94 bits per heavy atom. The van der Waals surface area contributed by atoms with E-state index in [9.17, 15) is 0 Å². The third-order valence-corrected chi connectivity index (χ3v) is 6.08. The first kappa shape index (κ1) is 10.6. The number of hydrogen-bond acceptors (Lipinski definition) is 2. The van der Waals surface area contributed by atoms with E-state index in [4.69, 9.17) is 0 Å². The summed E-state index contributed by atoms with van der Waals surface area (Å²) in [6, 6.07) is 3.02. The van der Waals surface area contributed by atoms with Gasteiger partial charge in [-0.3, -0.25) is 0 Å². The van der Waals surface area contributed by atoms with E-state index < -0.39 is 0 Å². The van der Waals surface area contributed by atoms with E-state index in [0.29, 0.717) is 6.04 Å². The lowest BCUT2D eigenvalue weighted by atomic mass is 9.92. The molecule has 92 valence electrons. The lowest BCUT2D eigenvalue weighted by molar-refractivity contribution is 0.357. The van der Waals surface area contributed by atoms with Gasteiger partial charge in [-0.1, -0.05) is 0 Å². The van der Waals surface area contributed by atoms with Gasteiger partial charge < -0.3 is 5.32 Å². The molecule has 0 aromatic carbocycles. The molecule has 0 aliphatic heterocycles. The van der Waals surface area contributed by atoms with Crippen LogP contribution in [0, 0.1) is 11.3 Å². The molecule has 1 N–H and O–H groups in total. The fourth-order valence-corrected chi connectivity index (χ4v) is 4.60. The molecule has 1 aromatic heterocycles. The van der Waals surface area contributed by atoms with Crippen molar-refractivity contribution in [3.05, 3.63) is 21.9 Å². The van der Waals surface area contributed by atoms with Crippen LogP contribution in [0.5, 0.6) is 0 Å². The molecule has 0 bridgehead atoms. The molecule has 2 saturated carbocycles. The molecular formula is C15H21NS. The molecule has 1 heterocycles. The van der Waals surface area contributed by atoms with Crippen LogP contribution < -0.4 is 5.32 Å². The van der Waals surface area contributed by atoms with Crippen LogP contribution in [0.3, 0.4) is 0 Å². The number of thiophene rings is 1. The van der Waals surface area contributed by atoms with Crippen molar-refractivity contribution in [2.45, 2.75) is 51.0 Å². The summed E-state index contributed by atoms with van der Waals surface area (Å²) in [5, 5.41) is 6.17. The number of nitrogens with one attached hydrogen (secondary N) is 1. The molecule has 0 spiro atoms. The van der Waals surface area contributed by atoms with Crippen molar-refractivity contribution in [1.82, 2.24) is 5.32 Å². The lowest BCUT2D eigenvalue weighted by Gasteiger charge is -2.26. The predicted molar refractivity (Wildman–Crippen MR) is 72.4 cm³/mol. The Labute approximate surface area is 108 Å². The van der Waals surface area contributed by atoms with Gasteiger partial charge in [0.15, 0.2) is 0 Å². The Kier molecular flexibility index (Phi) is 2.38. The maximum Gasteiger partial charge on any atom is 0.0331 e. The summed E-state index contributed by atoms with van der Waals surface area (Å²) in [7, 11) is 0. The van der Waals surface area contributed by atoms with Gasteiger partial charge in [0.05, 0.1) is 0 Å². The molecule has 3 aliphatic rings. The highest BCUT2D eigenvalue weighted by Crippen LogP contribution is 2.61. The van der Waals surface area contributed by atoms with Crippen LogP contribution in [0.1, 0.15) is 55.0 Å².